The average Bonchev–Trinajstić information content (AvgIpc) is 3.19. The molecule has 3 rings (SSSR count). The van der Waals surface area contributed by atoms with Crippen molar-refractivity contribution in [3.05, 3.63) is 0 Å². The van der Waals surface area contributed by atoms with Crippen LogP contribution in [0.3, 0.4) is 0 Å². The number of hydrogen-bond donors (Lipinski definition) is 1. The maximum absolute atomic E-state index is 11.4. The Morgan fingerprint density at radius 1 is 1.04 bits per heavy atom. The molecule has 3 fully saturated rings. The summed E-state index contributed by atoms with van der Waals surface area (Å²) in [5, 5.41) is 3.52. The first-order valence-corrected chi connectivity index (χ1v) is 10.4. The van der Waals surface area contributed by atoms with Crippen molar-refractivity contribution in [2.24, 2.45) is 10.9 Å². The molecule has 0 aromatic rings. The number of carbonyl (C=O) groups is 1. The molecule has 0 spiro atoms. The lowest BCUT2D eigenvalue weighted by Crippen LogP contribution is -2.54. The molecule has 3 heterocycles. The van der Waals surface area contributed by atoms with E-state index in [0.717, 1.165) is 90.5 Å². The highest BCUT2D eigenvalue weighted by Crippen LogP contribution is 2.15. The largest absolute Gasteiger partial charge is 0.381 e. The van der Waals surface area contributed by atoms with Gasteiger partial charge < -0.3 is 19.9 Å². The Morgan fingerprint density at radius 2 is 1.68 bits per heavy atom. The van der Waals surface area contributed by atoms with Gasteiger partial charge in [-0.3, -0.25) is 19.6 Å². The van der Waals surface area contributed by atoms with Crippen LogP contribution < -0.4 is 5.32 Å². The van der Waals surface area contributed by atoms with Crippen molar-refractivity contribution in [1.29, 1.82) is 0 Å². The van der Waals surface area contributed by atoms with Crippen LogP contribution in [0.2, 0.25) is 0 Å². The Morgan fingerprint density at radius 3 is 2.25 bits per heavy atom. The second-order valence-corrected chi connectivity index (χ2v) is 7.84. The van der Waals surface area contributed by atoms with E-state index in [-0.39, 0.29) is 29.9 Å². The molecule has 1 N–H and O–H groups in total. The number of aliphatic imine (C=N–C) groups is 1. The van der Waals surface area contributed by atoms with Gasteiger partial charge in [-0.15, -0.1) is 24.0 Å². The molecule has 0 aromatic heterocycles. The molecule has 1 amide bonds. The highest BCUT2D eigenvalue weighted by Gasteiger charge is 2.24. The van der Waals surface area contributed by atoms with Gasteiger partial charge in [-0.2, -0.15) is 0 Å². The number of rotatable bonds is 5. The summed E-state index contributed by atoms with van der Waals surface area (Å²) in [6.45, 7) is 14.5. The summed E-state index contributed by atoms with van der Waals surface area (Å²) >= 11 is 0. The minimum absolute atomic E-state index is 0. The standard InChI is InChI=1S/C19H36N6O2.HI/c1-17(26)24-10-6-22(7-11-24)5-4-21-19(20-2)25-12-8-23(9-13-25)15-18-3-14-27-16-18;/h18H,3-16H2,1-2H3,(H,20,21);1H. The van der Waals surface area contributed by atoms with Crippen LogP contribution in [0.15, 0.2) is 4.99 Å². The molecule has 3 aliphatic heterocycles. The molecule has 162 valence electrons. The molecule has 0 radical (unpaired) electrons. The van der Waals surface area contributed by atoms with Crippen molar-refractivity contribution < 1.29 is 9.53 Å². The zero-order valence-electron chi connectivity index (χ0n) is 17.4. The molecule has 8 nitrogen and oxygen atoms in total. The predicted molar refractivity (Wildman–Crippen MR) is 122 cm³/mol. The number of carbonyl (C=O) groups excluding carboxylic acids is 1. The van der Waals surface area contributed by atoms with Gasteiger partial charge in [0.25, 0.3) is 0 Å². The maximum atomic E-state index is 11.4. The van der Waals surface area contributed by atoms with Crippen molar-refractivity contribution in [1.82, 2.24) is 24.9 Å². The molecule has 9 heteroatoms. The first kappa shape index (κ1) is 23.6. The van der Waals surface area contributed by atoms with Gasteiger partial charge in [0.05, 0.1) is 6.61 Å². The quantitative estimate of drug-likeness (QED) is 0.321. The van der Waals surface area contributed by atoms with Crippen molar-refractivity contribution in [2.45, 2.75) is 13.3 Å². The molecular weight excluding hydrogens is 471 g/mol. The Hall–Kier alpha value is -0.650. The van der Waals surface area contributed by atoms with E-state index in [2.05, 4.69) is 25.0 Å². The van der Waals surface area contributed by atoms with Gasteiger partial charge >= 0.3 is 0 Å². The van der Waals surface area contributed by atoms with Crippen LogP contribution in [0.4, 0.5) is 0 Å². The third-order valence-corrected chi connectivity index (χ3v) is 5.95. The van der Waals surface area contributed by atoms with Gasteiger partial charge in [-0.25, -0.2) is 0 Å². The molecule has 0 bridgehead atoms. The smallest absolute Gasteiger partial charge is 0.219 e. The molecule has 0 saturated carbocycles. The number of nitrogens with one attached hydrogen (secondary N) is 1. The minimum atomic E-state index is 0. The summed E-state index contributed by atoms with van der Waals surface area (Å²) in [4.78, 5) is 25.2. The Labute approximate surface area is 186 Å². The number of ether oxygens (including phenoxy) is 1. The summed E-state index contributed by atoms with van der Waals surface area (Å²) in [6, 6.07) is 0. The summed E-state index contributed by atoms with van der Waals surface area (Å²) in [7, 11) is 1.87. The number of halogens is 1. The van der Waals surface area contributed by atoms with Gasteiger partial charge in [0.2, 0.25) is 5.91 Å². The summed E-state index contributed by atoms with van der Waals surface area (Å²) in [6.07, 6.45) is 1.21. The van der Waals surface area contributed by atoms with E-state index < -0.39 is 0 Å². The zero-order chi connectivity index (χ0) is 19.1. The van der Waals surface area contributed by atoms with Crippen LogP contribution in [0, 0.1) is 5.92 Å². The van der Waals surface area contributed by atoms with E-state index in [9.17, 15) is 4.79 Å². The SMILES string of the molecule is CN=C(NCCN1CCN(C(C)=O)CC1)N1CCN(CC2CCOC2)CC1.I. The first-order valence-electron chi connectivity index (χ1n) is 10.4. The molecule has 3 saturated heterocycles. The van der Waals surface area contributed by atoms with Crippen LogP contribution in [0.5, 0.6) is 0 Å². The van der Waals surface area contributed by atoms with Crippen LogP contribution in [0.1, 0.15) is 13.3 Å². The fourth-order valence-electron chi connectivity index (χ4n) is 4.18. The number of hydrogen-bond acceptors (Lipinski definition) is 5. The van der Waals surface area contributed by atoms with Gasteiger partial charge in [-0.1, -0.05) is 0 Å². The Kier molecular flexibility index (Phi) is 10.2. The molecule has 1 unspecified atom stereocenters. The minimum Gasteiger partial charge on any atom is -0.381 e. The third kappa shape index (κ3) is 7.00. The first-order chi connectivity index (χ1) is 13.2. The number of nitrogens with zero attached hydrogens (tertiary/aromatic N) is 5. The second kappa shape index (κ2) is 12.1. The summed E-state index contributed by atoms with van der Waals surface area (Å²) < 4.78 is 5.50. The summed E-state index contributed by atoms with van der Waals surface area (Å²) in [5.74, 6) is 1.92. The third-order valence-electron chi connectivity index (χ3n) is 5.95. The molecule has 1 atom stereocenters. The normalized spacial score (nSPS) is 24.9. The van der Waals surface area contributed by atoms with Crippen LogP contribution in [-0.4, -0.2) is 124 Å². The lowest BCUT2D eigenvalue weighted by atomic mass is 10.1. The predicted octanol–water partition coefficient (Wildman–Crippen LogP) is -0.00200. The topological polar surface area (TPSA) is 63.7 Å². The highest BCUT2D eigenvalue weighted by atomic mass is 127. The fourth-order valence-corrected chi connectivity index (χ4v) is 4.18. The van der Waals surface area contributed by atoms with Crippen molar-refractivity contribution >= 4 is 35.8 Å². The van der Waals surface area contributed by atoms with Gasteiger partial charge in [0.1, 0.15) is 0 Å². The Balaban J connectivity index is 0.00000280. The van der Waals surface area contributed by atoms with Crippen LogP contribution in [0.25, 0.3) is 0 Å². The zero-order valence-corrected chi connectivity index (χ0v) is 19.8. The van der Waals surface area contributed by atoms with E-state index in [1.54, 1.807) is 6.92 Å². The van der Waals surface area contributed by atoms with Gasteiger partial charge in [0.15, 0.2) is 5.96 Å². The highest BCUT2D eigenvalue weighted by molar-refractivity contribution is 14.0. The maximum Gasteiger partial charge on any atom is 0.219 e. The van der Waals surface area contributed by atoms with Crippen LogP contribution in [-0.2, 0) is 9.53 Å². The summed E-state index contributed by atoms with van der Waals surface area (Å²) in [5.41, 5.74) is 0. The van der Waals surface area contributed by atoms with Crippen molar-refractivity contribution in [3.63, 3.8) is 0 Å². The number of amides is 1. The molecule has 3 aliphatic rings. The number of piperazine rings is 2. The van der Waals surface area contributed by atoms with E-state index in [4.69, 9.17) is 4.74 Å². The van der Waals surface area contributed by atoms with Crippen molar-refractivity contribution in [2.75, 3.05) is 92.3 Å². The van der Waals surface area contributed by atoms with E-state index in [0.29, 0.717) is 0 Å². The molecular formula is C19H37IN6O2. The number of guanidine groups is 1. The molecule has 28 heavy (non-hydrogen) atoms. The van der Waals surface area contributed by atoms with E-state index >= 15 is 0 Å². The van der Waals surface area contributed by atoms with Gasteiger partial charge in [0, 0.05) is 92.6 Å². The average molecular weight is 508 g/mol. The van der Waals surface area contributed by atoms with Crippen molar-refractivity contribution in [3.8, 4) is 0 Å². The lowest BCUT2D eigenvalue weighted by molar-refractivity contribution is -0.130. The Bertz CT molecular complexity index is 499. The van der Waals surface area contributed by atoms with E-state index in [1.165, 1.54) is 13.0 Å². The fraction of sp³-hybridized carbons (Fsp3) is 0.895. The monoisotopic (exact) mass is 508 g/mol. The lowest BCUT2D eigenvalue weighted by Gasteiger charge is -2.38. The van der Waals surface area contributed by atoms with Crippen LogP contribution >= 0.6 is 24.0 Å². The second-order valence-electron chi connectivity index (χ2n) is 7.84. The molecule has 0 aromatic carbocycles. The van der Waals surface area contributed by atoms with Gasteiger partial charge in [-0.05, 0) is 12.3 Å². The van der Waals surface area contributed by atoms with E-state index in [1.807, 2.05) is 11.9 Å². The molecule has 0 aliphatic carbocycles.